The highest BCUT2D eigenvalue weighted by atomic mass is 16.1. The number of hydrogen-bond donors (Lipinski definition) is 1. The predicted molar refractivity (Wildman–Crippen MR) is 113 cm³/mol. The molecule has 2 aromatic heterocycles. The molecule has 0 unspecified atom stereocenters. The van der Waals surface area contributed by atoms with Crippen LogP contribution in [0.4, 0.5) is 0 Å². The van der Waals surface area contributed by atoms with E-state index in [1.807, 2.05) is 90.6 Å². The monoisotopic (exact) mass is 382 g/mol. The Hall–Kier alpha value is -3.73. The minimum atomic E-state index is -0.360. The lowest BCUT2D eigenvalue weighted by atomic mass is 9.90. The lowest BCUT2D eigenvalue weighted by Gasteiger charge is -2.17. The lowest BCUT2D eigenvalue weighted by molar-refractivity contribution is -0.121. The molecule has 4 aromatic rings. The van der Waals surface area contributed by atoms with E-state index in [1.54, 1.807) is 12.4 Å². The van der Waals surface area contributed by atoms with E-state index in [-0.39, 0.29) is 11.8 Å². The van der Waals surface area contributed by atoms with E-state index in [0.29, 0.717) is 6.54 Å². The first kappa shape index (κ1) is 18.6. The number of pyridine rings is 1. The van der Waals surface area contributed by atoms with Crippen molar-refractivity contribution in [1.82, 2.24) is 20.1 Å². The van der Waals surface area contributed by atoms with Crippen LogP contribution in [0.1, 0.15) is 22.7 Å². The van der Waals surface area contributed by atoms with Gasteiger partial charge in [-0.15, -0.1) is 0 Å². The Kier molecular flexibility index (Phi) is 5.47. The number of aromatic nitrogens is 3. The Morgan fingerprint density at radius 2 is 1.52 bits per heavy atom. The third-order valence-electron chi connectivity index (χ3n) is 4.88. The summed E-state index contributed by atoms with van der Waals surface area (Å²) in [6.45, 7) is 0.369. The highest BCUT2D eigenvalue weighted by Gasteiger charge is 2.22. The fourth-order valence-electron chi connectivity index (χ4n) is 3.47. The zero-order valence-electron chi connectivity index (χ0n) is 16.2. The van der Waals surface area contributed by atoms with Crippen LogP contribution in [0.2, 0.25) is 0 Å². The summed E-state index contributed by atoms with van der Waals surface area (Å²) < 4.78 is 1.82. The van der Waals surface area contributed by atoms with Crippen molar-refractivity contribution >= 4 is 5.91 Å². The Bertz CT molecular complexity index is 1040. The predicted octanol–water partition coefficient (Wildman–Crippen LogP) is 3.93. The highest BCUT2D eigenvalue weighted by molar-refractivity contribution is 5.87. The van der Waals surface area contributed by atoms with Gasteiger partial charge in [0.15, 0.2) is 0 Å². The average molecular weight is 382 g/mol. The second-order valence-electron chi connectivity index (χ2n) is 6.85. The van der Waals surface area contributed by atoms with Crippen molar-refractivity contribution in [1.29, 1.82) is 0 Å². The highest BCUT2D eigenvalue weighted by Crippen LogP contribution is 2.25. The van der Waals surface area contributed by atoms with Crippen LogP contribution in [0, 0.1) is 0 Å². The van der Waals surface area contributed by atoms with Gasteiger partial charge in [-0.2, -0.15) is 5.10 Å². The smallest absolute Gasteiger partial charge is 0.232 e. The number of amides is 1. The molecular formula is C24H22N4O. The second-order valence-corrected chi connectivity index (χ2v) is 6.85. The largest absolute Gasteiger partial charge is 0.350 e. The molecule has 0 fully saturated rings. The molecule has 0 saturated heterocycles. The Balaban J connectivity index is 1.53. The van der Waals surface area contributed by atoms with Gasteiger partial charge >= 0.3 is 0 Å². The molecule has 0 aliphatic rings. The quantitative estimate of drug-likeness (QED) is 0.550. The number of carbonyl (C=O) groups is 1. The van der Waals surface area contributed by atoms with E-state index in [4.69, 9.17) is 0 Å². The molecule has 4 rings (SSSR count). The minimum absolute atomic E-state index is 0.0430. The van der Waals surface area contributed by atoms with Gasteiger partial charge in [0.2, 0.25) is 5.91 Å². The first-order valence-corrected chi connectivity index (χ1v) is 9.53. The SMILES string of the molecule is Cn1nc(CNC(=O)C(c2ccccc2)c2ccccc2)cc1-c1ccncc1. The third-order valence-corrected chi connectivity index (χ3v) is 4.88. The molecule has 144 valence electrons. The summed E-state index contributed by atoms with van der Waals surface area (Å²) in [7, 11) is 1.90. The van der Waals surface area contributed by atoms with E-state index in [0.717, 1.165) is 28.1 Å². The summed E-state index contributed by atoms with van der Waals surface area (Å²) in [6, 6.07) is 25.6. The molecule has 0 aliphatic heterocycles. The summed E-state index contributed by atoms with van der Waals surface area (Å²) >= 11 is 0. The second kappa shape index (κ2) is 8.52. The fourth-order valence-corrected chi connectivity index (χ4v) is 3.47. The summed E-state index contributed by atoms with van der Waals surface area (Å²) in [4.78, 5) is 17.2. The summed E-state index contributed by atoms with van der Waals surface area (Å²) in [5.41, 5.74) is 4.77. The van der Waals surface area contributed by atoms with Crippen LogP contribution >= 0.6 is 0 Å². The van der Waals surface area contributed by atoms with Gasteiger partial charge < -0.3 is 5.32 Å². The van der Waals surface area contributed by atoms with Crippen molar-refractivity contribution in [3.8, 4) is 11.3 Å². The maximum absolute atomic E-state index is 13.1. The molecule has 0 saturated carbocycles. The number of rotatable bonds is 6. The molecule has 5 heteroatoms. The Labute approximate surface area is 170 Å². The first-order valence-electron chi connectivity index (χ1n) is 9.53. The topological polar surface area (TPSA) is 59.8 Å². The van der Waals surface area contributed by atoms with Gasteiger partial charge in [-0.1, -0.05) is 60.7 Å². The van der Waals surface area contributed by atoms with E-state index < -0.39 is 0 Å². The number of nitrogens with zero attached hydrogens (tertiary/aromatic N) is 3. The number of nitrogens with one attached hydrogen (secondary N) is 1. The molecule has 0 radical (unpaired) electrons. The van der Waals surface area contributed by atoms with E-state index in [2.05, 4.69) is 15.4 Å². The van der Waals surface area contributed by atoms with Gasteiger partial charge in [-0.05, 0) is 29.3 Å². The molecule has 0 spiro atoms. The van der Waals surface area contributed by atoms with E-state index in [9.17, 15) is 4.79 Å². The summed E-state index contributed by atoms with van der Waals surface area (Å²) in [5, 5.41) is 7.61. The molecular weight excluding hydrogens is 360 g/mol. The Morgan fingerprint density at radius 3 is 2.10 bits per heavy atom. The molecule has 0 bridgehead atoms. The summed E-state index contributed by atoms with van der Waals surface area (Å²) in [6.07, 6.45) is 3.52. The van der Waals surface area contributed by atoms with Crippen LogP contribution in [0.25, 0.3) is 11.3 Å². The van der Waals surface area contributed by atoms with Crippen LogP contribution in [-0.4, -0.2) is 20.7 Å². The standard InChI is InChI=1S/C24H22N4O/c1-28-22(18-12-14-25-15-13-18)16-21(27-28)17-26-24(29)23(19-8-4-2-5-9-19)20-10-6-3-7-11-20/h2-16,23H,17H2,1H3,(H,26,29). The van der Waals surface area contributed by atoms with Crippen LogP contribution in [0.3, 0.4) is 0 Å². The van der Waals surface area contributed by atoms with Gasteiger partial charge in [0.25, 0.3) is 0 Å². The van der Waals surface area contributed by atoms with Crippen molar-refractivity contribution in [3.05, 3.63) is 108 Å². The fraction of sp³-hybridized carbons (Fsp3) is 0.125. The van der Waals surface area contributed by atoms with Crippen molar-refractivity contribution in [3.63, 3.8) is 0 Å². The van der Waals surface area contributed by atoms with Crippen molar-refractivity contribution in [2.75, 3.05) is 0 Å². The lowest BCUT2D eigenvalue weighted by Crippen LogP contribution is -2.29. The van der Waals surface area contributed by atoms with Gasteiger partial charge in [0, 0.05) is 25.0 Å². The maximum atomic E-state index is 13.1. The first-order chi connectivity index (χ1) is 14.2. The van der Waals surface area contributed by atoms with Gasteiger partial charge in [-0.25, -0.2) is 0 Å². The molecule has 1 N–H and O–H groups in total. The number of benzene rings is 2. The molecule has 0 atom stereocenters. The van der Waals surface area contributed by atoms with E-state index in [1.165, 1.54) is 0 Å². The average Bonchev–Trinajstić information content (AvgIpc) is 3.15. The number of aryl methyl sites for hydroxylation is 1. The zero-order chi connectivity index (χ0) is 20.1. The minimum Gasteiger partial charge on any atom is -0.350 e. The molecule has 29 heavy (non-hydrogen) atoms. The van der Waals surface area contributed by atoms with E-state index >= 15 is 0 Å². The normalized spacial score (nSPS) is 10.8. The van der Waals surface area contributed by atoms with Crippen molar-refractivity contribution in [2.45, 2.75) is 12.5 Å². The number of hydrogen-bond acceptors (Lipinski definition) is 3. The molecule has 5 nitrogen and oxygen atoms in total. The molecule has 1 amide bonds. The van der Waals surface area contributed by atoms with Gasteiger partial charge in [0.1, 0.15) is 0 Å². The van der Waals surface area contributed by atoms with Crippen LogP contribution in [-0.2, 0) is 18.4 Å². The Morgan fingerprint density at radius 1 is 0.931 bits per heavy atom. The van der Waals surface area contributed by atoms with Crippen LogP contribution in [0.5, 0.6) is 0 Å². The maximum Gasteiger partial charge on any atom is 0.232 e. The molecule has 2 heterocycles. The van der Waals surface area contributed by atoms with Crippen molar-refractivity contribution < 1.29 is 4.79 Å². The molecule has 0 aliphatic carbocycles. The van der Waals surface area contributed by atoms with Gasteiger partial charge in [-0.3, -0.25) is 14.5 Å². The third kappa shape index (κ3) is 4.24. The van der Waals surface area contributed by atoms with Crippen LogP contribution in [0.15, 0.2) is 91.3 Å². The van der Waals surface area contributed by atoms with Gasteiger partial charge in [0.05, 0.1) is 23.9 Å². The number of carbonyl (C=O) groups excluding carboxylic acids is 1. The zero-order valence-corrected chi connectivity index (χ0v) is 16.2. The van der Waals surface area contributed by atoms with Crippen molar-refractivity contribution in [2.24, 2.45) is 7.05 Å². The van der Waals surface area contributed by atoms with Crippen LogP contribution < -0.4 is 5.32 Å². The summed E-state index contributed by atoms with van der Waals surface area (Å²) in [5.74, 6) is -0.403. The molecule has 2 aromatic carbocycles.